The Hall–Kier alpha value is -1.19. The van der Waals surface area contributed by atoms with Crippen LogP contribution in [-0.2, 0) is 23.7 Å². The standard InChI is InChI=1S/C19H32O12/c1-8(2)3-4-28-12(22)5-9-13(23)16(26)18(11(7-21)29-9)31-19-17(27)15(25)14(24)10(6-20)30-19/h3,9-11,13-21,23-27H,4-7H2,1-2H3/t9?,10-,11-,13+,14+,15+,16-,17-,18-,19?/m1/s1. The van der Waals surface area contributed by atoms with Gasteiger partial charge in [0.2, 0.25) is 0 Å². The summed E-state index contributed by atoms with van der Waals surface area (Å²) in [5.41, 5.74) is 0.950. The van der Waals surface area contributed by atoms with Crippen molar-refractivity contribution in [2.75, 3.05) is 19.8 Å². The molecule has 2 rings (SSSR count). The van der Waals surface area contributed by atoms with E-state index in [0.717, 1.165) is 5.57 Å². The Kier molecular flexibility index (Phi) is 9.76. The van der Waals surface area contributed by atoms with E-state index in [2.05, 4.69) is 0 Å². The van der Waals surface area contributed by atoms with E-state index in [1.807, 2.05) is 13.8 Å². The van der Waals surface area contributed by atoms with Crippen LogP contribution in [0.4, 0.5) is 0 Å². The maximum atomic E-state index is 12.0. The first-order chi connectivity index (χ1) is 14.6. The van der Waals surface area contributed by atoms with Gasteiger partial charge in [-0.15, -0.1) is 0 Å². The van der Waals surface area contributed by atoms with Crippen LogP contribution >= 0.6 is 0 Å². The maximum absolute atomic E-state index is 12.0. The molecular weight excluding hydrogens is 420 g/mol. The van der Waals surface area contributed by atoms with Gasteiger partial charge in [-0.2, -0.15) is 0 Å². The van der Waals surface area contributed by atoms with Crippen molar-refractivity contribution in [1.82, 2.24) is 0 Å². The number of allylic oxidation sites excluding steroid dienone is 1. The third-order valence-electron chi connectivity index (χ3n) is 5.21. The minimum Gasteiger partial charge on any atom is -0.461 e. The molecule has 12 heteroatoms. The average molecular weight is 452 g/mol. The topological polar surface area (TPSA) is 196 Å². The summed E-state index contributed by atoms with van der Waals surface area (Å²) in [7, 11) is 0. The summed E-state index contributed by atoms with van der Waals surface area (Å²) < 4.78 is 21.2. The molecule has 0 radical (unpaired) electrons. The second kappa shape index (κ2) is 11.6. The van der Waals surface area contributed by atoms with Gasteiger partial charge in [-0.25, -0.2) is 0 Å². The number of hydrogen-bond acceptors (Lipinski definition) is 12. The highest BCUT2D eigenvalue weighted by atomic mass is 16.7. The molecule has 7 N–H and O–H groups in total. The number of aliphatic hydroxyl groups is 7. The molecule has 31 heavy (non-hydrogen) atoms. The normalized spacial score (nSPS) is 40.9. The number of esters is 1. The summed E-state index contributed by atoms with van der Waals surface area (Å²) in [6.45, 7) is 2.35. The summed E-state index contributed by atoms with van der Waals surface area (Å²) >= 11 is 0. The summed E-state index contributed by atoms with van der Waals surface area (Å²) in [5, 5.41) is 69.6. The van der Waals surface area contributed by atoms with E-state index in [-0.39, 0.29) is 6.61 Å². The number of carbonyl (C=O) groups is 1. The zero-order valence-electron chi connectivity index (χ0n) is 17.4. The lowest BCUT2D eigenvalue weighted by molar-refractivity contribution is -0.342. The molecule has 0 spiro atoms. The molecule has 10 atom stereocenters. The van der Waals surface area contributed by atoms with Crippen LogP contribution in [0.5, 0.6) is 0 Å². The zero-order chi connectivity index (χ0) is 23.3. The summed E-state index contributed by atoms with van der Waals surface area (Å²) in [5.74, 6) is -0.682. The first kappa shape index (κ1) is 26.1. The van der Waals surface area contributed by atoms with Crippen LogP contribution in [0.15, 0.2) is 11.6 Å². The molecule has 0 amide bonds. The summed E-state index contributed by atoms with van der Waals surface area (Å²) in [6, 6.07) is 0. The highest BCUT2D eigenvalue weighted by molar-refractivity contribution is 5.70. The Balaban J connectivity index is 2.03. The molecular formula is C19H32O12. The average Bonchev–Trinajstić information content (AvgIpc) is 2.73. The van der Waals surface area contributed by atoms with Crippen molar-refractivity contribution < 1.29 is 59.5 Å². The molecule has 12 nitrogen and oxygen atoms in total. The predicted octanol–water partition coefficient (Wildman–Crippen LogP) is -3.45. The van der Waals surface area contributed by atoms with Crippen LogP contribution in [0, 0.1) is 0 Å². The van der Waals surface area contributed by atoms with Crippen molar-refractivity contribution in [3.05, 3.63) is 11.6 Å². The fraction of sp³-hybridized carbons (Fsp3) is 0.842. The fourth-order valence-corrected chi connectivity index (χ4v) is 3.36. The molecule has 0 aromatic rings. The molecule has 2 aliphatic rings. The number of aliphatic hydroxyl groups excluding tert-OH is 7. The lowest BCUT2D eigenvalue weighted by Gasteiger charge is -2.46. The van der Waals surface area contributed by atoms with Crippen molar-refractivity contribution in [3.8, 4) is 0 Å². The SMILES string of the molecule is CC(C)=CCOC(=O)CC1O[C@H](CO)[C@@H](OC2O[C@H](CO)[C@H](O)[C@H](O)[C@H]2O)[C@H](O)[C@H]1O. The fourth-order valence-electron chi connectivity index (χ4n) is 3.36. The van der Waals surface area contributed by atoms with Crippen LogP contribution in [0.1, 0.15) is 20.3 Å². The minimum atomic E-state index is -1.75. The van der Waals surface area contributed by atoms with Gasteiger partial charge >= 0.3 is 5.97 Å². The smallest absolute Gasteiger partial charge is 0.308 e. The Morgan fingerprint density at radius 3 is 2.03 bits per heavy atom. The second-order valence-electron chi connectivity index (χ2n) is 7.84. The highest BCUT2D eigenvalue weighted by Gasteiger charge is 2.50. The van der Waals surface area contributed by atoms with Crippen LogP contribution in [0.3, 0.4) is 0 Å². The highest BCUT2D eigenvalue weighted by Crippen LogP contribution is 2.30. The van der Waals surface area contributed by atoms with Crippen molar-refractivity contribution in [2.24, 2.45) is 0 Å². The summed E-state index contributed by atoms with van der Waals surface area (Å²) in [6.07, 6.45) is -13.7. The van der Waals surface area contributed by atoms with Gasteiger partial charge in [-0.05, 0) is 19.9 Å². The molecule has 180 valence electrons. The van der Waals surface area contributed by atoms with Gasteiger partial charge in [0, 0.05) is 0 Å². The number of ether oxygens (including phenoxy) is 4. The Morgan fingerprint density at radius 1 is 0.839 bits per heavy atom. The second-order valence-corrected chi connectivity index (χ2v) is 7.84. The van der Waals surface area contributed by atoms with Crippen molar-refractivity contribution in [3.63, 3.8) is 0 Å². The van der Waals surface area contributed by atoms with E-state index in [0.29, 0.717) is 0 Å². The number of carbonyl (C=O) groups excluding carboxylic acids is 1. The lowest BCUT2D eigenvalue weighted by Crippen LogP contribution is -2.64. The first-order valence-electron chi connectivity index (χ1n) is 9.98. The van der Waals surface area contributed by atoms with Crippen LogP contribution in [0.25, 0.3) is 0 Å². The minimum absolute atomic E-state index is 0.0405. The van der Waals surface area contributed by atoms with E-state index in [1.54, 1.807) is 6.08 Å². The van der Waals surface area contributed by atoms with Gasteiger partial charge in [-0.3, -0.25) is 4.79 Å². The third kappa shape index (κ3) is 6.42. The quantitative estimate of drug-likeness (QED) is 0.142. The molecule has 0 aromatic heterocycles. The van der Waals surface area contributed by atoms with E-state index >= 15 is 0 Å². The van der Waals surface area contributed by atoms with Gasteiger partial charge in [0.15, 0.2) is 6.29 Å². The van der Waals surface area contributed by atoms with E-state index < -0.39 is 86.8 Å². The van der Waals surface area contributed by atoms with Gasteiger partial charge in [-0.1, -0.05) is 5.57 Å². The van der Waals surface area contributed by atoms with Gasteiger partial charge in [0.25, 0.3) is 0 Å². The molecule has 0 saturated carbocycles. The largest absolute Gasteiger partial charge is 0.461 e. The number of rotatable bonds is 8. The summed E-state index contributed by atoms with van der Waals surface area (Å²) in [4.78, 5) is 12.0. The first-order valence-corrected chi connectivity index (χ1v) is 9.98. The molecule has 2 unspecified atom stereocenters. The predicted molar refractivity (Wildman–Crippen MR) is 101 cm³/mol. The van der Waals surface area contributed by atoms with Crippen LogP contribution < -0.4 is 0 Å². The Morgan fingerprint density at radius 2 is 1.45 bits per heavy atom. The van der Waals surface area contributed by atoms with Gasteiger partial charge < -0.3 is 54.7 Å². The van der Waals surface area contributed by atoms with Crippen molar-refractivity contribution >= 4 is 5.97 Å². The Labute approximate surface area is 179 Å². The molecule has 0 aliphatic carbocycles. The van der Waals surface area contributed by atoms with E-state index in [4.69, 9.17) is 18.9 Å². The molecule has 2 aliphatic heterocycles. The number of hydrogen-bond donors (Lipinski definition) is 7. The monoisotopic (exact) mass is 452 g/mol. The Bertz CT molecular complexity index is 605. The molecule has 2 fully saturated rings. The molecule has 0 aromatic carbocycles. The molecule has 2 saturated heterocycles. The third-order valence-corrected chi connectivity index (χ3v) is 5.21. The maximum Gasteiger partial charge on any atom is 0.308 e. The van der Waals surface area contributed by atoms with Crippen LogP contribution in [-0.4, -0.2) is 123 Å². The van der Waals surface area contributed by atoms with Gasteiger partial charge in [0.1, 0.15) is 55.4 Å². The molecule has 0 bridgehead atoms. The van der Waals surface area contributed by atoms with E-state index in [1.165, 1.54) is 0 Å². The van der Waals surface area contributed by atoms with Gasteiger partial charge in [0.05, 0.1) is 25.7 Å². The van der Waals surface area contributed by atoms with Crippen molar-refractivity contribution in [1.29, 1.82) is 0 Å². The zero-order valence-corrected chi connectivity index (χ0v) is 17.4. The lowest BCUT2D eigenvalue weighted by atomic mass is 9.93. The van der Waals surface area contributed by atoms with Crippen molar-refractivity contribution in [2.45, 2.75) is 81.5 Å². The van der Waals surface area contributed by atoms with Crippen LogP contribution in [0.2, 0.25) is 0 Å². The van der Waals surface area contributed by atoms with E-state index in [9.17, 15) is 40.5 Å². The molecule has 2 heterocycles.